The monoisotopic (exact) mass is 190 g/mol. The summed E-state index contributed by atoms with van der Waals surface area (Å²) in [5.74, 6) is 2.68. The van der Waals surface area contributed by atoms with Gasteiger partial charge in [-0.1, -0.05) is 6.42 Å². The molecule has 2 aliphatic carbocycles. The molecule has 1 nitrogen and oxygen atoms in total. The molecule has 0 fully saturated rings. The van der Waals surface area contributed by atoms with Crippen LogP contribution in [0.2, 0.25) is 0 Å². The largest absolute Gasteiger partial charge is 0.466 e. The highest BCUT2D eigenvalue weighted by Crippen LogP contribution is 2.33. The standard InChI is InChI=1S/C13H18O/c1-2-6-10-11-7-4-5-9-13(11)14-12(10)8-3-1/h1-9H2. The lowest BCUT2D eigenvalue weighted by Gasteiger charge is -2.10. The Morgan fingerprint density at radius 3 is 1.79 bits per heavy atom. The van der Waals surface area contributed by atoms with Crippen LogP contribution < -0.4 is 0 Å². The number of furan rings is 1. The number of fused-ring (bicyclic) bond motifs is 3. The van der Waals surface area contributed by atoms with Crippen molar-refractivity contribution in [3.63, 3.8) is 0 Å². The molecular weight excluding hydrogens is 172 g/mol. The maximum atomic E-state index is 6.01. The van der Waals surface area contributed by atoms with E-state index in [1.54, 1.807) is 11.1 Å². The number of hydrogen-bond acceptors (Lipinski definition) is 1. The van der Waals surface area contributed by atoms with Crippen LogP contribution in [0.5, 0.6) is 0 Å². The SMILES string of the molecule is C1CCc2oc3c(c2CC1)CCCC3. The quantitative estimate of drug-likeness (QED) is 0.571. The van der Waals surface area contributed by atoms with Gasteiger partial charge in [0.1, 0.15) is 11.5 Å². The van der Waals surface area contributed by atoms with E-state index in [2.05, 4.69) is 0 Å². The molecule has 76 valence electrons. The molecule has 2 aliphatic rings. The van der Waals surface area contributed by atoms with Crippen LogP contribution in [0.1, 0.15) is 54.8 Å². The average Bonchev–Trinajstić information content (AvgIpc) is 2.42. The Kier molecular flexibility index (Phi) is 2.11. The predicted octanol–water partition coefficient (Wildman–Crippen LogP) is 3.43. The van der Waals surface area contributed by atoms with E-state index in [-0.39, 0.29) is 0 Å². The van der Waals surface area contributed by atoms with Crippen LogP contribution in [0.4, 0.5) is 0 Å². The van der Waals surface area contributed by atoms with E-state index in [4.69, 9.17) is 4.42 Å². The van der Waals surface area contributed by atoms with Crippen LogP contribution in [-0.2, 0) is 25.7 Å². The van der Waals surface area contributed by atoms with E-state index in [0.29, 0.717) is 0 Å². The molecule has 0 N–H and O–H groups in total. The molecule has 0 spiro atoms. The zero-order valence-electron chi connectivity index (χ0n) is 8.77. The van der Waals surface area contributed by atoms with E-state index in [1.165, 1.54) is 69.3 Å². The van der Waals surface area contributed by atoms with Gasteiger partial charge < -0.3 is 4.42 Å². The van der Waals surface area contributed by atoms with Crippen molar-refractivity contribution in [1.29, 1.82) is 0 Å². The summed E-state index contributed by atoms with van der Waals surface area (Å²) in [6.45, 7) is 0. The van der Waals surface area contributed by atoms with Gasteiger partial charge in [0.25, 0.3) is 0 Å². The predicted molar refractivity (Wildman–Crippen MR) is 56.6 cm³/mol. The highest BCUT2D eigenvalue weighted by Gasteiger charge is 2.22. The third kappa shape index (κ3) is 1.30. The molecule has 0 saturated carbocycles. The van der Waals surface area contributed by atoms with Crippen LogP contribution in [0.15, 0.2) is 4.42 Å². The molecule has 1 heterocycles. The van der Waals surface area contributed by atoms with Crippen molar-refractivity contribution >= 4 is 0 Å². The Hall–Kier alpha value is -0.720. The summed E-state index contributed by atoms with van der Waals surface area (Å²) >= 11 is 0. The lowest BCUT2D eigenvalue weighted by Crippen LogP contribution is -2.01. The zero-order chi connectivity index (χ0) is 9.38. The number of rotatable bonds is 0. The molecule has 0 atom stereocenters. The molecule has 1 aromatic rings. The summed E-state index contributed by atoms with van der Waals surface area (Å²) in [6, 6.07) is 0. The van der Waals surface area contributed by atoms with Gasteiger partial charge in [-0.2, -0.15) is 0 Å². The lowest BCUT2D eigenvalue weighted by atomic mass is 9.93. The summed E-state index contributed by atoms with van der Waals surface area (Å²) < 4.78 is 6.01. The van der Waals surface area contributed by atoms with Crippen LogP contribution >= 0.6 is 0 Å². The fourth-order valence-corrected chi connectivity index (χ4v) is 2.94. The average molecular weight is 190 g/mol. The van der Waals surface area contributed by atoms with Gasteiger partial charge in [-0.3, -0.25) is 0 Å². The molecule has 0 radical (unpaired) electrons. The normalized spacial score (nSPS) is 21.1. The summed E-state index contributed by atoms with van der Waals surface area (Å²) in [7, 11) is 0. The van der Waals surface area contributed by atoms with E-state index >= 15 is 0 Å². The molecular formula is C13H18O. The fraction of sp³-hybridized carbons (Fsp3) is 0.692. The van der Waals surface area contributed by atoms with Gasteiger partial charge in [0.2, 0.25) is 0 Å². The van der Waals surface area contributed by atoms with Crippen molar-refractivity contribution in [3.05, 3.63) is 22.6 Å². The van der Waals surface area contributed by atoms with Crippen molar-refractivity contribution in [2.24, 2.45) is 0 Å². The molecule has 0 aromatic carbocycles. The molecule has 0 aliphatic heterocycles. The smallest absolute Gasteiger partial charge is 0.107 e. The highest BCUT2D eigenvalue weighted by molar-refractivity contribution is 5.36. The molecule has 3 rings (SSSR count). The molecule has 0 bridgehead atoms. The second-order valence-electron chi connectivity index (χ2n) is 4.67. The van der Waals surface area contributed by atoms with Crippen molar-refractivity contribution in [1.82, 2.24) is 0 Å². The van der Waals surface area contributed by atoms with Crippen molar-refractivity contribution < 1.29 is 4.42 Å². The van der Waals surface area contributed by atoms with E-state index in [9.17, 15) is 0 Å². The molecule has 0 unspecified atom stereocenters. The maximum Gasteiger partial charge on any atom is 0.107 e. The topological polar surface area (TPSA) is 13.1 Å². The summed E-state index contributed by atoms with van der Waals surface area (Å²) in [6.07, 6.45) is 11.8. The van der Waals surface area contributed by atoms with Crippen LogP contribution in [-0.4, -0.2) is 0 Å². The highest BCUT2D eigenvalue weighted by atomic mass is 16.3. The van der Waals surface area contributed by atoms with Crippen molar-refractivity contribution in [3.8, 4) is 0 Å². The first kappa shape index (κ1) is 8.58. The summed E-state index contributed by atoms with van der Waals surface area (Å²) in [4.78, 5) is 0. The maximum absolute atomic E-state index is 6.01. The number of hydrogen-bond donors (Lipinski definition) is 0. The second kappa shape index (κ2) is 3.45. The van der Waals surface area contributed by atoms with E-state index in [0.717, 1.165) is 0 Å². The first-order valence-corrected chi connectivity index (χ1v) is 6.07. The molecule has 14 heavy (non-hydrogen) atoms. The van der Waals surface area contributed by atoms with E-state index < -0.39 is 0 Å². The zero-order valence-corrected chi connectivity index (χ0v) is 8.77. The van der Waals surface area contributed by atoms with Crippen LogP contribution in [0, 0.1) is 0 Å². The molecule has 1 heteroatoms. The number of aryl methyl sites for hydroxylation is 2. The van der Waals surface area contributed by atoms with Gasteiger partial charge in [-0.15, -0.1) is 0 Å². The fourth-order valence-electron chi connectivity index (χ4n) is 2.94. The molecule has 1 aromatic heterocycles. The Morgan fingerprint density at radius 1 is 0.571 bits per heavy atom. The Morgan fingerprint density at radius 2 is 1.07 bits per heavy atom. The Labute approximate surface area is 85.5 Å². The second-order valence-corrected chi connectivity index (χ2v) is 4.67. The minimum Gasteiger partial charge on any atom is -0.466 e. The Balaban J connectivity index is 2.04. The first-order chi connectivity index (χ1) is 6.95. The van der Waals surface area contributed by atoms with Crippen molar-refractivity contribution in [2.75, 3.05) is 0 Å². The Bertz CT molecular complexity index is 335. The minimum atomic E-state index is 1.20. The molecule has 0 saturated heterocycles. The van der Waals surface area contributed by atoms with Crippen LogP contribution in [0.25, 0.3) is 0 Å². The lowest BCUT2D eigenvalue weighted by molar-refractivity contribution is 0.439. The van der Waals surface area contributed by atoms with Gasteiger partial charge in [0.05, 0.1) is 0 Å². The first-order valence-electron chi connectivity index (χ1n) is 6.07. The minimum absolute atomic E-state index is 1.20. The third-order valence-corrected chi connectivity index (χ3v) is 3.70. The van der Waals surface area contributed by atoms with Crippen LogP contribution in [0.3, 0.4) is 0 Å². The van der Waals surface area contributed by atoms with E-state index in [1.807, 2.05) is 0 Å². The van der Waals surface area contributed by atoms with Gasteiger partial charge in [0.15, 0.2) is 0 Å². The summed E-state index contributed by atoms with van der Waals surface area (Å²) in [5.41, 5.74) is 3.21. The molecule has 0 amide bonds. The van der Waals surface area contributed by atoms with Crippen molar-refractivity contribution in [2.45, 2.75) is 57.8 Å². The van der Waals surface area contributed by atoms with Gasteiger partial charge in [-0.25, -0.2) is 0 Å². The van der Waals surface area contributed by atoms with Gasteiger partial charge in [0, 0.05) is 12.8 Å². The summed E-state index contributed by atoms with van der Waals surface area (Å²) in [5, 5.41) is 0. The van der Waals surface area contributed by atoms with Gasteiger partial charge in [-0.05, 0) is 49.7 Å². The van der Waals surface area contributed by atoms with Gasteiger partial charge >= 0.3 is 0 Å². The third-order valence-electron chi connectivity index (χ3n) is 3.70.